The van der Waals surface area contributed by atoms with Crippen LogP contribution in [-0.2, 0) is 9.59 Å². The van der Waals surface area contributed by atoms with Crippen molar-refractivity contribution in [1.82, 2.24) is 10.6 Å². The molecule has 0 aromatic carbocycles. The van der Waals surface area contributed by atoms with Crippen molar-refractivity contribution in [1.29, 1.82) is 0 Å². The molecule has 0 heterocycles. The van der Waals surface area contributed by atoms with E-state index in [0.717, 1.165) is 25.7 Å². The van der Waals surface area contributed by atoms with E-state index in [2.05, 4.69) is 16.9 Å². The number of carbonyl (C=O) groups is 3. The van der Waals surface area contributed by atoms with E-state index in [4.69, 9.17) is 10.8 Å². The molecule has 0 aromatic heterocycles. The summed E-state index contributed by atoms with van der Waals surface area (Å²) in [7, 11) is 0. The van der Waals surface area contributed by atoms with Gasteiger partial charge in [-0.2, -0.15) is 11.8 Å². The van der Waals surface area contributed by atoms with Crippen LogP contribution in [0.25, 0.3) is 0 Å². The summed E-state index contributed by atoms with van der Waals surface area (Å²) in [4.78, 5) is 33.3. The molecule has 0 bridgehead atoms. The molecule has 0 radical (unpaired) electrons. The van der Waals surface area contributed by atoms with Gasteiger partial charge in [-0.1, -0.05) is 0 Å². The van der Waals surface area contributed by atoms with Crippen molar-refractivity contribution in [2.45, 2.75) is 49.4 Å². The van der Waals surface area contributed by atoms with Gasteiger partial charge < -0.3 is 21.5 Å². The maximum Gasteiger partial charge on any atom is 0.326 e. The highest BCUT2D eigenvalue weighted by molar-refractivity contribution is 7.99. The Labute approximate surface area is 122 Å². The number of carbonyl (C=O) groups excluding carboxylic acids is 2. The van der Waals surface area contributed by atoms with Gasteiger partial charge in [-0.15, -0.1) is 0 Å². The molecule has 0 aromatic rings. The summed E-state index contributed by atoms with van der Waals surface area (Å²) in [6.45, 7) is 0. The number of carboxylic acid groups (broad SMARTS) is 1. The van der Waals surface area contributed by atoms with Gasteiger partial charge in [-0.25, -0.2) is 9.59 Å². The van der Waals surface area contributed by atoms with Gasteiger partial charge in [0, 0.05) is 11.3 Å². The number of aliphatic carboxylic acids is 1. The summed E-state index contributed by atoms with van der Waals surface area (Å²) in [5.41, 5.74) is 4.95. The monoisotopic (exact) mass is 303 g/mol. The molecule has 1 rings (SSSR count). The first kappa shape index (κ1) is 16.6. The highest BCUT2D eigenvalue weighted by Gasteiger charge is 2.25. The summed E-state index contributed by atoms with van der Waals surface area (Å²) in [6, 6.07) is -1.79. The van der Waals surface area contributed by atoms with Gasteiger partial charge in [0.1, 0.15) is 6.04 Å². The van der Waals surface area contributed by atoms with Gasteiger partial charge in [-0.3, -0.25) is 4.79 Å². The SMILES string of the molecule is CSC1CCC(NC(=O)N[C@@H](CC(N)=O)C(=O)O)CC1. The van der Waals surface area contributed by atoms with Gasteiger partial charge in [0.05, 0.1) is 6.42 Å². The van der Waals surface area contributed by atoms with E-state index in [9.17, 15) is 14.4 Å². The quantitative estimate of drug-likeness (QED) is 0.562. The van der Waals surface area contributed by atoms with Crippen LogP contribution in [-0.4, -0.2) is 46.6 Å². The fourth-order valence-corrected chi connectivity index (χ4v) is 2.97. The molecule has 3 amide bonds. The lowest BCUT2D eigenvalue weighted by Gasteiger charge is -2.28. The third-order valence-electron chi connectivity index (χ3n) is 3.35. The first-order valence-electron chi connectivity index (χ1n) is 6.53. The van der Waals surface area contributed by atoms with Crippen LogP contribution in [0.2, 0.25) is 0 Å². The van der Waals surface area contributed by atoms with E-state index in [1.807, 2.05) is 11.8 Å². The Kier molecular flexibility index (Phi) is 6.63. The van der Waals surface area contributed by atoms with E-state index < -0.39 is 30.4 Å². The lowest BCUT2D eigenvalue weighted by atomic mass is 9.95. The van der Waals surface area contributed by atoms with Crippen LogP contribution in [0.5, 0.6) is 0 Å². The molecule has 0 unspecified atom stereocenters. The normalized spacial score (nSPS) is 23.6. The summed E-state index contributed by atoms with van der Waals surface area (Å²) in [5, 5.41) is 14.5. The molecule has 0 saturated heterocycles. The fraction of sp³-hybridized carbons (Fsp3) is 0.750. The van der Waals surface area contributed by atoms with Crippen molar-refractivity contribution in [2.75, 3.05) is 6.26 Å². The number of amides is 3. The average molecular weight is 303 g/mol. The van der Waals surface area contributed by atoms with Crippen LogP contribution >= 0.6 is 11.8 Å². The van der Waals surface area contributed by atoms with Crippen LogP contribution in [0.15, 0.2) is 0 Å². The zero-order valence-corrected chi connectivity index (χ0v) is 12.2. The number of nitrogens with one attached hydrogen (secondary N) is 2. The second-order valence-corrected chi connectivity index (χ2v) is 6.03. The van der Waals surface area contributed by atoms with E-state index in [1.165, 1.54) is 0 Å². The first-order valence-corrected chi connectivity index (χ1v) is 7.82. The number of carboxylic acids is 1. The van der Waals surface area contributed by atoms with Crippen LogP contribution < -0.4 is 16.4 Å². The van der Waals surface area contributed by atoms with Crippen molar-refractivity contribution in [3.05, 3.63) is 0 Å². The highest BCUT2D eigenvalue weighted by atomic mass is 32.2. The Morgan fingerprint density at radius 2 is 1.90 bits per heavy atom. The molecule has 1 aliphatic rings. The van der Waals surface area contributed by atoms with E-state index in [1.54, 1.807) is 0 Å². The van der Waals surface area contributed by atoms with Crippen LogP contribution in [0, 0.1) is 0 Å². The second kappa shape index (κ2) is 7.98. The van der Waals surface area contributed by atoms with Crippen molar-refractivity contribution >= 4 is 29.7 Å². The standard InChI is InChI=1S/C12H21N3O4S/c1-20-8-4-2-7(3-5-8)14-12(19)15-9(11(17)18)6-10(13)16/h7-9H,2-6H2,1H3,(H2,13,16)(H,17,18)(H2,14,15,19)/t7?,8?,9-/m0/s1. The Balaban J connectivity index is 2.38. The number of primary amides is 1. The fourth-order valence-electron chi connectivity index (χ4n) is 2.23. The number of urea groups is 1. The topological polar surface area (TPSA) is 122 Å². The Bertz CT molecular complexity index is 370. The summed E-state index contributed by atoms with van der Waals surface area (Å²) in [5.74, 6) is -2.04. The number of nitrogens with two attached hydrogens (primary N) is 1. The van der Waals surface area contributed by atoms with E-state index >= 15 is 0 Å². The summed E-state index contributed by atoms with van der Waals surface area (Å²) >= 11 is 1.83. The minimum atomic E-state index is -1.28. The molecule has 1 fully saturated rings. The number of hydrogen-bond donors (Lipinski definition) is 4. The largest absolute Gasteiger partial charge is 0.480 e. The minimum absolute atomic E-state index is 0.0569. The third kappa shape index (κ3) is 5.68. The van der Waals surface area contributed by atoms with E-state index in [0.29, 0.717) is 5.25 Å². The smallest absolute Gasteiger partial charge is 0.326 e. The van der Waals surface area contributed by atoms with Crippen molar-refractivity contribution in [3.63, 3.8) is 0 Å². The van der Waals surface area contributed by atoms with Crippen LogP contribution in [0.4, 0.5) is 4.79 Å². The van der Waals surface area contributed by atoms with E-state index in [-0.39, 0.29) is 6.04 Å². The molecule has 7 nitrogen and oxygen atoms in total. The van der Waals surface area contributed by atoms with Gasteiger partial charge in [0.15, 0.2) is 0 Å². The van der Waals surface area contributed by atoms with Crippen molar-refractivity contribution < 1.29 is 19.5 Å². The number of hydrogen-bond acceptors (Lipinski definition) is 4. The zero-order valence-electron chi connectivity index (χ0n) is 11.4. The highest BCUT2D eigenvalue weighted by Crippen LogP contribution is 2.26. The van der Waals surface area contributed by atoms with Crippen LogP contribution in [0.3, 0.4) is 0 Å². The molecule has 114 valence electrons. The molecule has 5 N–H and O–H groups in total. The summed E-state index contributed by atoms with van der Waals surface area (Å²) in [6.07, 6.45) is 5.50. The van der Waals surface area contributed by atoms with Crippen molar-refractivity contribution in [3.8, 4) is 0 Å². The molecular weight excluding hydrogens is 282 g/mol. The molecule has 20 heavy (non-hydrogen) atoms. The third-order valence-corrected chi connectivity index (χ3v) is 4.49. The molecule has 1 aliphatic carbocycles. The minimum Gasteiger partial charge on any atom is -0.480 e. The number of thioether (sulfide) groups is 1. The Hall–Kier alpha value is -1.44. The van der Waals surface area contributed by atoms with Gasteiger partial charge in [0.25, 0.3) is 0 Å². The first-order chi connectivity index (χ1) is 9.42. The Morgan fingerprint density at radius 3 is 2.35 bits per heavy atom. The van der Waals surface area contributed by atoms with Crippen molar-refractivity contribution in [2.24, 2.45) is 5.73 Å². The lowest BCUT2D eigenvalue weighted by Crippen LogP contribution is -2.50. The Morgan fingerprint density at radius 1 is 1.30 bits per heavy atom. The lowest BCUT2D eigenvalue weighted by molar-refractivity contribution is -0.140. The molecule has 0 aliphatic heterocycles. The van der Waals surface area contributed by atoms with Gasteiger partial charge in [0.2, 0.25) is 5.91 Å². The average Bonchev–Trinajstić information content (AvgIpc) is 2.38. The summed E-state index contributed by atoms with van der Waals surface area (Å²) < 4.78 is 0. The van der Waals surface area contributed by atoms with Gasteiger partial charge >= 0.3 is 12.0 Å². The van der Waals surface area contributed by atoms with Crippen LogP contribution in [0.1, 0.15) is 32.1 Å². The molecular formula is C12H21N3O4S. The second-order valence-electron chi connectivity index (χ2n) is 4.89. The predicted molar refractivity (Wildman–Crippen MR) is 76.5 cm³/mol. The number of rotatable bonds is 6. The zero-order chi connectivity index (χ0) is 15.1. The molecule has 8 heteroatoms. The maximum atomic E-state index is 11.7. The molecule has 0 spiro atoms. The predicted octanol–water partition coefficient (Wildman–Crippen LogP) is 0.288. The molecule has 1 saturated carbocycles. The van der Waals surface area contributed by atoms with Gasteiger partial charge in [-0.05, 0) is 31.9 Å². The maximum absolute atomic E-state index is 11.7. The molecule has 1 atom stereocenters.